The molecule has 0 radical (unpaired) electrons. The number of carbonyl (C=O) groups is 2. The van der Waals surface area contributed by atoms with E-state index in [1.807, 2.05) is 6.07 Å². The third-order valence-electron chi connectivity index (χ3n) is 4.69. The summed E-state index contributed by atoms with van der Waals surface area (Å²) >= 11 is 0. The van der Waals surface area contributed by atoms with E-state index in [9.17, 15) is 19.7 Å². The molecule has 0 atom stereocenters. The Balaban J connectivity index is 1.47. The zero-order valence-electron chi connectivity index (χ0n) is 14.8. The van der Waals surface area contributed by atoms with Gasteiger partial charge in [0.25, 0.3) is 11.8 Å². The van der Waals surface area contributed by atoms with Crippen molar-refractivity contribution in [3.63, 3.8) is 0 Å². The van der Waals surface area contributed by atoms with E-state index in [1.54, 1.807) is 42.5 Å². The normalized spacial score (nSPS) is 13.1. The van der Waals surface area contributed by atoms with Gasteiger partial charge in [-0.15, -0.1) is 0 Å². The molecule has 0 saturated carbocycles. The molecule has 8 nitrogen and oxygen atoms in total. The van der Waals surface area contributed by atoms with Crippen molar-refractivity contribution in [1.29, 1.82) is 0 Å². The van der Waals surface area contributed by atoms with Gasteiger partial charge in [-0.05, 0) is 24.6 Å². The number of amides is 2. The topological polar surface area (TPSA) is 105 Å². The number of nitrogens with zero attached hydrogens (tertiary/aromatic N) is 3. The van der Waals surface area contributed by atoms with Gasteiger partial charge in [-0.1, -0.05) is 30.3 Å². The van der Waals surface area contributed by atoms with E-state index < -0.39 is 4.92 Å². The van der Waals surface area contributed by atoms with Crippen molar-refractivity contribution < 1.29 is 14.5 Å². The summed E-state index contributed by atoms with van der Waals surface area (Å²) in [6, 6.07) is 13.9. The molecule has 8 heteroatoms. The molecule has 1 aromatic heterocycles. The second-order valence-corrected chi connectivity index (χ2v) is 6.38. The zero-order valence-corrected chi connectivity index (χ0v) is 14.8. The van der Waals surface area contributed by atoms with Crippen LogP contribution >= 0.6 is 0 Å². The molecule has 0 aliphatic carbocycles. The first kappa shape index (κ1) is 17.6. The highest BCUT2D eigenvalue weighted by Gasteiger charge is 2.34. The van der Waals surface area contributed by atoms with Crippen molar-refractivity contribution in [1.82, 2.24) is 9.88 Å². The predicted octanol–water partition coefficient (Wildman–Crippen LogP) is 3.24. The van der Waals surface area contributed by atoms with E-state index in [0.29, 0.717) is 40.7 Å². The van der Waals surface area contributed by atoms with Crippen molar-refractivity contribution in [2.24, 2.45) is 0 Å². The second kappa shape index (κ2) is 7.07. The van der Waals surface area contributed by atoms with E-state index in [1.165, 1.54) is 11.1 Å². The Morgan fingerprint density at radius 2 is 1.64 bits per heavy atom. The third kappa shape index (κ3) is 2.94. The summed E-state index contributed by atoms with van der Waals surface area (Å²) in [7, 11) is 0. The number of benzene rings is 2. The van der Waals surface area contributed by atoms with Crippen molar-refractivity contribution in [2.75, 3.05) is 18.4 Å². The zero-order chi connectivity index (χ0) is 19.7. The monoisotopic (exact) mass is 376 g/mol. The minimum Gasteiger partial charge on any atom is -0.379 e. The summed E-state index contributed by atoms with van der Waals surface area (Å²) in [6.45, 7) is 0.596. The molecule has 0 bridgehead atoms. The van der Waals surface area contributed by atoms with Crippen LogP contribution in [0.4, 0.5) is 11.4 Å². The molecule has 2 amide bonds. The Morgan fingerprint density at radius 3 is 2.32 bits per heavy atom. The lowest BCUT2D eigenvalue weighted by atomic mass is 10.1. The molecule has 0 unspecified atom stereocenters. The molecule has 0 fully saturated rings. The maximum atomic E-state index is 12.4. The first-order valence-electron chi connectivity index (χ1n) is 8.79. The van der Waals surface area contributed by atoms with Gasteiger partial charge in [0.05, 0.1) is 21.6 Å². The van der Waals surface area contributed by atoms with Crippen LogP contribution in [0, 0.1) is 10.1 Å². The quantitative estimate of drug-likeness (QED) is 0.306. The molecule has 1 N–H and O–H groups in total. The maximum absolute atomic E-state index is 12.4. The van der Waals surface area contributed by atoms with E-state index >= 15 is 0 Å². The van der Waals surface area contributed by atoms with Gasteiger partial charge in [0.2, 0.25) is 0 Å². The maximum Gasteiger partial charge on any atom is 0.311 e. The van der Waals surface area contributed by atoms with Crippen LogP contribution in [0.5, 0.6) is 0 Å². The first-order valence-corrected chi connectivity index (χ1v) is 8.79. The number of nitro groups is 1. The van der Waals surface area contributed by atoms with E-state index in [-0.39, 0.29) is 24.0 Å². The van der Waals surface area contributed by atoms with Gasteiger partial charge in [-0.25, -0.2) is 4.98 Å². The predicted molar refractivity (Wildman–Crippen MR) is 103 cm³/mol. The smallest absolute Gasteiger partial charge is 0.311 e. The van der Waals surface area contributed by atoms with Gasteiger partial charge < -0.3 is 5.32 Å². The molecule has 1 aliphatic rings. The summed E-state index contributed by atoms with van der Waals surface area (Å²) in [5.74, 6) is -0.609. The van der Waals surface area contributed by atoms with Crippen LogP contribution in [-0.2, 0) is 0 Å². The minimum atomic E-state index is -0.480. The Bertz CT molecular complexity index is 1080. The molecule has 2 heterocycles. The number of nitrogens with one attached hydrogen (secondary N) is 1. The fraction of sp³-hybridized carbons (Fsp3) is 0.150. The van der Waals surface area contributed by atoms with E-state index in [4.69, 9.17) is 0 Å². The number of pyridine rings is 1. The lowest BCUT2D eigenvalue weighted by molar-refractivity contribution is -0.384. The van der Waals surface area contributed by atoms with E-state index in [2.05, 4.69) is 10.3 Å². The van der Waals surface area contributed by atoms with Crippen molar-refractivity contribution in [3.05, 3.63) is 76.0 Å². The van der Waals surface area contributed by atoms with Crippen molar-refractivity contribution in [2.45, 2.75) is 6.42 Å². The lowest BCUT2D eigenvalue weighted by Gasteiger charge is -2.15. The van der Waals surface area contributed by atoms with Gasteiger partial charge in [-0.2, -0.15) is 0 Å². The molecule has 0 saturated heterocycles. The van der Waals surface area contributed by atoms with Crippen LogP contribution in [0.2, 0.25) is 0 Å². The summed E-state index contributed by atoms with van der Waals surface area (Å²) in [6.07, 6.45) is 1.69. The number of imide groups is 1. The molecular formula is C20H16N4O4. The minimum absolute atomic E-state index is 0.112. The second-order valence-electron chi connectivity index (χ2n) is 6.38. The standard InChI is InChI=1S/C20H16N4O4/c25-19-13-6-1-2-7-14(13)20(26)23(19)11-5-10-21-18-15-8-3-4-9-16(15)22-12-17(18)24(27)28/h1-4,6-9,12H,5,10-11H2,(H,21,22). The molecule has 2 aromatic carbocycles. The highest BCUT2D eigenvalue weighted by molar-refractivity contribution is 6.21. The van der Waals surface area contributed by atoms with Crippen LogP contribution in [-0.4, -0.2) is 39.7 Å². The van der Waals surface area contributed by atoms with Crippen LogP contribution in [0.3, 0.4) is 0 Å². The molecular weight excluding hydrogens is 360 g/mol. The van der Waals surface area contributed by atoms with Crippen LogP contribution < -0.4 is 5.32 Å². The molecule has 28 heavy (non-hydrogen) atoms. The van der Waals surface area contributed by atoms with E-state index in [0.717, 1.165) is 0 Å². The largest absolute Gasteiger partial charge is 0.379 e. The Kier molecular flexibility index (Phi) is 4.44. The molecule has 1 aliphatic heterocycles. The number of fused-ring (bicyclic) bond motifs is 2. The number of para-hydroxylation sites is 1. The van der Waals surface area contributed by atoms with Crippen molar-refractivity contribution in [3.8, 4) is 0 Å². The summed E-state index contributed by atoms with van der Waals surface area (Å²) < 4.78 is 0. The molecule has 0 spiro atoms. The average molecular weight is 376 g/mol. The number of hydrogen-bond donors (Lipinski definition) is 1. The lowest BCUT2D eigenvalue weighted by Crippen LogP contribution is -2.31. The summed E-state index contributed by atoms with van der Waals surface area (Å²) in [4.78, 5) is 41.0. The van der Waals surface area contributed by atoms with Crippen molar-refractivity contribution >= 4 is 34.1 Å². The molecule has 140 valence electrons. The number of aromatic nitrogens is 1. The number of rotatable bonds is 6. The fourth-order valence-electron chi connectivity index (χ4n) is 3.35. The van der Waals surface area contributed by atoms with Gasteiger partial charge in [0.1, 0.15) is 11.9 Å². The fourth-order valence-corrected chi connectivity index (χ4v) is 3.35. The van der Waals surface area contributed by atoms with Gasteiger partial charge in [-0.3, -0.25) is 24.6 Å². The summed E-state index contributed by atoms with van der Waals surface area (Å²) in [5, 5.41) is 15.1. The van der Waals surface area contributed by atoms with Gasteiger partial charge in [0.15, 0.2) is 0 Å². The Labute approximate surface area is 159 Å². The van der Waals surface area contributed by atoms with Gasteiger partial charge in [0, 0.05) is 18.5 Å². The van der Waals surface area contributed by atoms with Crippen LogP contribution in [0.1, 0.15) is 27.1 Å². The summed E-state index contributed by atoms with van der Waals surface area (Å²) in [5.41, 5.74) is 1.75. The van der Waals surface area contributed by atoms with Crippen LogP contribution in [0.15, 0.2) is 54.7 Å². The number of hydrogen-bond acceptors (Lipinski definition) is 6. The Hall–Kier alpha value is -3.81. The molecule has 3 aromatic rings. The highest BCUT2D eigenvalue weighted by atomic mass is 16.6. The third-order valence-corrected chi connectivity index (χ3v) is 4.69. The number of carbonyl (C=O) groups excluding carboxylic acids is 2. The highest BCUT2D eigenvalue weighted by Crippen LogP contribution is 2.31. The van der Waals surface area contributed by atoms with Gasteiger partial charge >= 0.3 is 5.69 Å². The average Bonchev–Trinajstić information content (AvgIpc) is 2.95. The molecule has 4 rings (SSSR count). The van der Waals surface area contributed by atoms with Crippen LogP contribution in [0.25, 0.3) is 10.9 Å². The number of anilines is 1. The Morgan fingerprint density at radius 1 is 1.00 bits per heavy atom. The first-order chi connectivity index (χ1) is 13.6. The SMILES string of the molecule is O=C1c2ccccc2C(=O)N1CCCNc1c([N+](=O)[O-])cnc2ccccc12.